The van der Waals surface area contributed by atoms with Crippen LogP contribution in [0.3, 0.4) is 0 Å². The van der Waals surface area contributed by atoms with Crippen LogP contribution in [0.4, 0.5) is 0 Å². The Hall–Kier alpha value is -1.48. The highest BCUT2D eigenvalue weighted by Gasteiger charge is 2.23. The molecule has 0 radical (unpaired) electrons. The van der Waals surface area contributed by atoms with Crippen LogP contribution in [0.5, 0.6) is 0 Å². The van der Waals surface area contributed by atoms with Crippen LogP contribution in [0.15, 0.2) is 23.0 Å². The molecule has 7 nitrogen and oxygen atoms in total. The Morgan fingerprint density at radius 2 is 1.96 bits per heavy atom. The van der Waals surface area contributed by atoms with Crippen molar-refractivity contribution in [2.24, 2.45) is 0 Å². The fourth-order valence-corrected chi connectivity index (χ4v) is 3.66. The summed E-state index contributed by atoms with van der Waals surface area (Å²) in [6.07, 6.45) is 1.22. The van der Waals surface area contributed by atoms with Crippen molar-refractivity contribution in [3.8, 4) is 0 Å². The molecule has 0 aliphatic carbocycles. The van der Waals surface area contributed by atoms with Crippen LogP contribution in [0.1, 0.15) is 5.82 Å². The van der Waals surface area contributed by atoms with E-state index in [2.05, 4.69) is 14.9 Å². The molecular formula is C14H17ClN4O3S. The summed E-state index contributed by atoms with van der Waals surface area (Å²) in [6.45, 7) is 2.59. The fourth-order valence-electron chi connectivity index (χ4n) is 2.67. The number of nitrogens with zero attached hydrogens (tertiary/aromatic N) is 3. The van der Waals surface area contributed by atoms with Crippen molar-refractivity contribution >= 4 is 32.5 Å². The molecule has 2 aromatic rings. The molecule has 3 rings (SSSR count). The number of rotatable bonds is 3. The summed E-state index contributed by atoms with van der Waals surface area (Å²) in [4.78, 5) is 21.4. The van der Waals surface area contributed by atoms with Crippen molar-refractivity contribution in [3.63, 3.8) is 0 Å². The van der Waals surface area contributed by atoms with Crippen LogP contribution in [0.25, 0.3) is 10.9 Å². The summed E-state index contributed by atoms with van der Waals surface area (Å²) in [5.74, 6) is 0.567. The molecule has 124 valence electrons. The monoisotopic (exact) mass is 356 g/mol. The first-order valence-corrected chi connectivity index (χ1v) is 9.41. The molecule has 2 heterocycles. The van der Waals surface area contributed by atoms with E-state index in [0.717, 1.165) is 0 Å². The Labute approximate surface area is 138 Å². The number of halogens is 1. The van der Waals surface area contributed by atoms with Crippen LogP contribution in [0, 0.1) is 0 Å². The predicted octanol–water partition coefficient (Wildman–Crippen LogP) is 0.654. The summed E-state index contributed by atoms with van der Waals surface area (Å²) in [6, 6.07) is 5.01. The number of hydrogen-bond acceptors (Lipinski definition) is 5. The van der Waals surface area contributed by atoms with E-state index in [1.165, 1.54) is 10.6 Å². The first kappa shape index (κ1) is 16.4. The molecule has 1 aliphatic heterocycles. The van der Waals surface area contributed by atoms with E-state index in [4.69, 9.17) is 11.6 Å². The van der Waals surface area contributed by atoms with Crippen molar-refractivity contribution in [3.05, 3.63) is 39.4 Å². The van der Waals surface area contributed by atoms with Gasteiger partial charge in [-0.25, -0.2) is 13.4 Å². The Morgan fingerprint density at radius 3 is 2.61 bits per heavy atom. The molecule has 9 heteroatoms. The minimum absolute atomic E-state index is 0.220. The highest BCUT2D eigenvalue weighted by Crippen LogP contribution is 2.15. The van der Waals surface area contributed by atoms with Gasteiger partial charge in [-0.1, -0.05) is 11.6 Å². The molecule has 23 heavy (non-hydrogen) atoms. The molecule has 1 aromatic heterocycles. The molecule has 0 bridgehead atoms. The average Bonchev–Trinajstić information content (AvgIpc) is 2.48. The van der Waals surface area contributed by atoms with Gasteiger partial charge in [-0.15, -0.1) is 0 Å². The third-order valence-electron chi connectivity index (χ3n) is 3.89. The summed E-state index contributed by atoms with van der Waals surface area (Å²) >= 11 is 5.89. The maximum Gasteiger partial charge on any atom is 0.258 e. The summed E-state index contributed by atoms with van der Waals surface area (Å²) in [7, 11) is -3.14. The van der Waals surface area contributed by atoms with Gasteiger partial charge in [-0.05, 0) is 18.2 Å². The molecule has 0 atom stereocenters. The molecule has 0 amide bonds. The van der Waals surface area contributed by atoms with Gasteiger partial charge in [-0.3, -0.25) is 9.69 Å². The second kappa shape index (κ2) is 6.20. The molecule has 1 fully saturated rings. The zero-order chi connectivity index (χ0) is 16.6. The third kappa shape index (κ3) is 3.72. The largest absolute Gasteiger partial charge is 0.309 e. The molecule has 1 aromatic carbocycles. The molecule has 1 aliphatic rings. The zero-order valence-corrected chi connectivity index (χ0v) is 14.2. The lowest BCUT2D eigenvalue weighted by Gasteiger charge is -2.32. The van der Waals surface area contributed by atoms with Gasteiger partial charge < -0.3 is 4.98 Å². The van der Waals surface area contributed by atoms with E-state index in [1.54, 1.807) is 18.2 Å². The number of fused-ring (bicyclic) bond motifs is 1. The van der Waals surface area contributed by atoms with Crippen LogP contribution in [-0.2, 0) is 16.6 Å². The van der Waals surface area contributed by atoms with E-state index in [0.29, 0.717) is 54.5 Å². The molecular weight excluding hydrogens is 340 g/mol. The van der Waals surface area contributed by atoms with Crippen molar-refractivity contribution in [2.45, 2.75) is 6.54 Å². The number of hydrogen-bond donors (Lipinski definition) is 1. The number of aromatic nitrogens is 2. The van der Waals surface area contributed by atoms with Crippen LogP contribution in [0.2, 0.25) is 5.02 Å². The van der Waals surface area contributed by atoms with Gasteiger partial charge in [0.15, 0.2) is 0 Å². The first-order valence-electron chi connectivity index (χ1n) is 7.19. The molecule has 0 unspecified atom stereocenters. The van der Waals surface area contributed by atoms with Crippen molar-refractivity contribution < 1.29 is 8.42 Å². The van der Waals surface area contributed by atoms with Crippen LogP contribution < -0.4 is 5.56 Å². The standard InChI is InChI=1S/C14H17ClN4O3S/c1-23(21,22)19-6-4-18(5-7-19)9-13-16-12-3-2-10(15)8-11(12)14(20)17-13/h2-3,8H,4-7,9H2,1H3,(H,16,17,20). The lowest BCUT2D eigenvalue weighted by molar-refractivity contribution is 0.178. The molecule has 1 N–H and O–H groups in total. The Balaban J connectivity index is 1.76. The Morgan fingerprint density at radius 1 is 1.26 bits per heavy atom. The van der Waals surface area contributed by atoms with Crippen molar-refractivity contribution in [1.82, 2.24) is 19.2 Å². The summed E-state index contributed by atoms with van der Waals surface area (Å²) < 4.78 is 24.5. The molecule has 1 saturated heterocycles. The summed E-state index contributed by atoms with van der Waals surface area (Å²) in [5.41, 5.74) is 0.380. The minimum atomic E-state index is -3.14. The topological polar surface area (TPSA) is 86.4 Å². The van der Waals surface area contributed by atoms with Crippen LogP contribution in [-0.4, -0.2) is 60.0 Å². The number of H-pyrrole nitrogens is 1. The van der Waals surface area contributed by atoms with Gasteiger partial charge in [0.2, 0.25) is 10.0 Å². The summed E-state index contributed by atoms with van der Waals surface area (Å²) in [5, 5.41) is 0.956. The van der Waals surface area contributed by atoms with Crippen molar-refractivity contribution in [2.75, 3.05) is 32.4 Å². The fraction of sp³-hybridized carbons (Fsp3) is 0.429. The van der Waals surface area contributed by atoms with Gasteiger partial charge in [0.25, 0.3) is 5.56 Å². The lowest BCUT2D eigenvalue weighted by atomic mass is 10.2. The normalized spacial score (nSPS) is 17.7. The van der Waals surface area contributed by atoms with Gasteiger partial charge in [-0.2, -0.15) is 4.31 Å². The first-order chi connectivity index (χ1) is 10.8. The Bertz CT molecular complexity index is 889. The predicted molar refractivity (Wildman–Crippen MR) is 89.1 cm³/mol. The molecule has 0 spiro atoms. The van der Waals surface area contributed by atoms with E-state index in [-0.39, 0.29) is 5.56 Å². The smallest absolute Gasteiger partial charge is 0.258 e. The maximum absolute atomic E-state index is 12.1. The van der Waals surface area contributed by atoms with Gasteiger partial charge >= 0.3 is 0 Å². The third-order valence-corrected chi connectivity index (χ3v) is 5.43. The van der Waals surface area contributed by atoms with Crippen molar-refractivity contribution in [1.29, 1.82) is 0 Å². The van der Waals surface area contributed by atoms with Gasteiger partial charge in [0.1, 0.15) is 5.82 Å². The van der Waals surface area contributed by atoms with E-state index >= 15 is 0 Å². The lowest BCUT2D eigenvalue weighted by Crippen LogP contribution is -2.48. The highest BCUT2D eigenvalue weighted by molar-refractivity contribution is 7.88. The van der Waals surface area contributed by atoms with Gasteiger partial charge in [0, 0.05) is 31.2 Å². The second-order valence-corrected chi connectivity index (χ2v) is 8.03. The van der Waals surface area contributed by atoms with E-state index in [9.17, 15) is 13.2 Å². The minimum Gasteiger partial charge on any atom is -0.309 e. The van der Waals surface area contributed by atoms with E-state index in [1.807, 2.05) is 0 Å². The number of nitrogens with one attached hydrogen (secondary N) is 1. The SMILES string of the molecule is CS(=O)(=O)N1CCN(Cc2nc3ccc(Cl)cc3c(=O)[nH]2)CC1. The molecule has 0 saturated carbocycles. The quantitative estimate of drug-likeness (QED) is 0.872. The zero-order valence-electron chi connectivity index (χ0n) is 12.6. The number of aromatic amines is 1. The Kier molecular flexibility index (Phi) is 4.41. The number of sulfonamides is 1. The average molecular weight is 357 g/mol. The number of piperazine rings is 1. The van der Waals surface area contributed by atoms with E-state index < -0.39 is 10.0 Å². The van der Waals surface area contributed by atoms with Gasteiger partial charge in [0.05, 0.1) is 23.7 Å². The maximum atomic E-state index is 12.1. The van der Waals surface area contributed by atoms with Crippen LogP contribution >= 0.6 is 11.6 Å². The second-order valence-electron chi connectivity index (χ2n) is 5.61. The highest BCUT2D eigenvalue weighted by atomic mass is 35.5. The number of benzene rings is 1.